The van der Waals surface area contributed by atoms with E-state index in [0.29, 0.717) is 0 Å². The van der Waals surface area contributed by atoms with Crippen molar-refractivity contribution in [3.63, 3.8) is 0 Å². The molecule has 0 N–H and O–H groups in total. The van der Waals surface area contributed by atoms with Gasteiger partial charge in [-0.1, -0.05) is 0 Å². The number of nitrogens with zero attached hydrogens (tertiary/aromatic N) is 1. The fourth-order valence-corrected chi connectivity index (χ4v) is 0.893. The summed E-state index contributed by atoms with van der Waals surface area (Å²) in [7, 11) is 1.14. The van der Waals surface area contributed by atoms with Crippen LogP contribution in [0.5, 0.6) is 0 Å². The molecule has 1 heterocycles. The third-order valence-corrected chi connectivity index (χ3v) is 1.61. The average Bonchev–Trinajstić information content (AvgIpc) is 2.16. The molecule has 74 valence electrons. The summed E-state index contributed by atoms with van der Waals surface area (Å²) < 4.78 is 17.4. The van der Waals surface area contributed by atoms with Crippen LogP contribution in [0.15, 0.2) is 12.1 Å². The van der Waals surface area contributed by atoms with Crippen molar-refractivity contribution >= 4 is 11.8 Å². The number of esters is 1. The lowest BCUT2D eigenvalue weighted by Gasteiger charge is -2.01. The van der Waals surface area contributed by atoms with Gasteiger partial charge in [-0.2, -0.15) is 4.39 Å². The van der Waals surface area contributed by atoms with Gasteiger partial charge in [-0.3, -0.25) is 4.79 Å². The Labute approximate surface area is 79.7 Å². The van der Waals surface area contributed by atoms with Gasteiger partial charge in [0.15, 0.2) is 5.78 Å². The van der Waals surface area contributed by atoms with Gasteiger partial charge in [0.2, 0.25) is 5.95 Å². The first-order valence-corrected chi connectivity index (χ1v) is 3.82. The minimum atomic E-state index is -0.996. The van der Waals surface area contributed by atoms with Gasteiger partial charge in [-0.15, -0.1) is 0 Å². The number of Topliss-reactive ketones (excluding diaryl/α,β-unsaturated/α-hetero) is 1. The summed E-state index contributed by atoms with van der Waals surface area (Å²) in [6.45, 7) is 1.26. The van der Waals surface area contributed by atoms with E-state index < -0.39 is 11.9 Å². The number of hydrogen-bond donors (Lipinski definition) is 0. The summed E-state index contributed by atoms with van der Waals surface area (Å²) in [5.74, 6) is -2.17. The van der Waals surface area contributed by atoms with Crippen molar-refractivity contribution in [2.75, 3.05) is 7.11 Å². The SMILES string of the molecule is COC(=O)c1ccc(C(C)=O)nc1F. The van der Waals surface area contributed by atoms with Crippen LogP contribution in [0.4, 0.5) is 4.39 Å². The van der Waals surface area contributed by atoms with E-state index in [9.17, 15) is 14.0 Å². The summed E-state index contributed by atoms with van der Waals surface area (Å²) in [5, 5.41) is 0. The monoisotopic (exact) mass is 197 g/mol. The maximum absolute atomic E-state index is 13.1. The quantitative estimate of drug-likeness (QED) is 0.406. The van der Waals surface area contributed by atoms with E-state index >= 15 is 0 Å². The van der Waals surface area contributed by atoms with E-state index in [-0.39, 0.29) is 17.0 Å². The second kappa shape index (κ2) is 3.95. The minimum absolute atomic E-state index is 0.0184. The van der Waals surface area contributed by atoms with E-state index in [1.54, 1.807) is 0 Å². The minimum Gasteiger partial charge on any atom is -0.465 e. The Hall–Kier alpha value is -1.78. The van der Waals surface area contributed by atoms with Crippen molar-refractivity contribution < 1.29 is 18.7 Å². The Morgan fingerprint density at radius 3 is 2.50 bits per heavy atom. The van der Waals surface area contributed by atoms with Crippen molar-refractivity contribution in [3.05, 3.63) is 29.3 Å². The zero-order valence-electron chi connectivity index (χ0n) is 7.70. The molecule has 0 amide bonds. The van der Waals surface area contributed by atoms with Crippen LogP contribution in [-0.2, 0) is 4.74 Å². The standard InChI is InChI=1S/C9H8FNO3/c1-5(12)7-4-3-6(8(10)11-7)9(13)14-2/h3-4H,1-2H3. The Morgan fingerprint density at radius 1 is 1.43 bits per heavy atom. The van der Waals surface area contributed by atoms with Gasteiger partial charge < -0.3 is 4.74 Å². The van der Waals surface area contributed by atoms with Crippen molar-refractivity contribution in [1.29, 1.82) is 0 Å². The van der Waals surface area contributed by atoms with Gasteiger partial charge in [-0.05, 0) is 12.1 Å². The highest BCUT2D eigenvalue weighted by molar-refractivity contribution is 5.94. The highest BCUT2D eigenvalue weighted by Crippen LogP contribution is 2.07. The van der Waals surface area contributed by atoms with Crippen molar-refractivity contribution in [2.45, 2.75) is 6.92 Å². The number of ether oxygens (including phenoxy) is 1. The molecule has 0 bridgehead atoms. The number of ketones is 1. The van der Waals surface area contributed by atoms with Gasteiger partial charge in [0.1, 0.15) is 11.3 Å². The molecule has 0 spiro atoms. The number of pyridine rings is 1. The van der Waals surface area contributed by atoms with Crippen molar-refractivity contribution in [1.82, 2.24) is 4.98 Å². The lowest BCUT2D eigenvalue weighted by molar-refractivity contribution is 0.0593. The first kappa shape index (κ1) is 10.3. The molecule has 0 saturated carbocycles. The number of carbonyl (C=O) groups is 2. The zero-order valence-corrected chi connectivity index (χ0v) is 7.70. The van der Waals surface area contributed by atoms with E-state index in [1.807, 2.05) is 0 Å². The van der Waals surface area contributed by atoms with Gasteiger partial charge >= 0.3 is 5.97 Å². The molecule has 4 nitrogen and oxygen atoms in total. The van der Waals surface area contributed by atoms with Crippen LogP contribution in [0, 0.1) is 5.95 Å². The normalized spacial score (nSPS) is 9.64. The molecule has 0 aromatic carbocycles. The lowest BCUT2D eigenvalue weighted by atomic mass is 10.2. The summed E-state index contributed by atoms with van der Waals surface area (Å²) in [5.41, 5.74) is -0.298. The fraction of sp³-hybridized carbons (Fsp3) is 0.222. The molecule has 14 heavy (non-hydrogen) atoms. The predicted molar refractivity (Wildman–Crippen MR) is 45.5 cm³/mol. The van der Waals surface area contributed by atoms with E-state index in [2.05, 4.69) is 9.72 Å². The Morgan fingerprint density at radius 2 is 2.07 bits per heavy atom. The summed E-state index contributed by atoms with van der Waals surface area (Å²) in [6.07, 6.45) is 0. The van der Waals surface area contributed by atoms with E-state index in [1.165, 1.54) is 19.1 Å². The Kier molecular flexibility index (Phi) is 2.91. The van der Waals surface area contributed by atoms with Crippen molar-refractivity contribution in [2.24, 2.45) is 0 Å². The molecule has 0 atom stereocenters. The zero-order chi connectivity index (χ0) is 10.7. The smallest absolute Gasteiger partial charge is 0.342 e. The number of hydrogen-bond acceptors (Lipinski definition) is 4. The number of aromatic nitrogens is 1. The number of carbonyl (C=O) groups excluding carboxylic acids is 2. The van der Waals surface area contributed by atoms with Crippen LogP contribution in [0.1, 0.15) is 27.8 Å². The van der Waals surface area contributed by atoms with Gasteiger partial charge in [0.25, 0.3) is 0 Å². The largest absolute Gasteiger partial charge is 0.465 e. The van der Waals surface area contributed by atoms with Crippen LogP contribution in [0.25, 0.3) is 0 Å². The molecule has 0 aliphatic carbocycles. The number of methoxy groups -OCH3 is 1. The van der Waals surface area contributed by atoms with Gasteiger partial charge in [-0.25, -0.2) is 9.78 Å². The average molecular weight is 197 g/mol. The van der Waals surface area contributed by atoms with Crippen LogP contribution in [0.2, 0.25) is 0 Å². The van der Waals surface area contributed by atoms with Crippen molar-refractivity contribution in [3.8, 4) is 0 Å². The highest BCUT2D eigenvalue weighted by Gasteiger charge is 2.14. The second-order valence-corrected chi connectivity index (χ2v) is 2.58. The summed E-state index contributed by atoms with van der Waals surface area (Å²) >= 11 is 0. The van der Waals surface area contributed by atoms with E-state index in [4.69, 9.17) is 0 Å². The molecule has 0 saturated heterocycles. The molecule has 0 unspecified atom stereocenters. The Bertz CT molecular complexity index is 390. The maximum atomic E-state index is 13.1. The number of rotatable bonds is 2. The van der Waals surface area contributed by atoms with Crippen LogP contribution in [0.3, 0.4) is 0 Å². The molecule has 1 aromatic rings. The van der Waals surface area contributed by atoms with E-state index in [0.717, 1.165) is 7.11 Å². The molecule has 0 radical (unpaired) electrons. The molecule has 0 fully saturated rings. The summed E-state index contributed by atoms with van der Waals surface area (Å²) in [4.78, 5) is 25.1. The number of halogens is 1. The first-order valence-electron chi connectivity index (χ1n) is 3.82. The first-order chi connectivity index (χ1) is 6.56. The summed E-state index contributed by atoms with van der Waals surface area (Å²) in [6, 6.07) is 2.45. The molecular weight excluding hydrogens is 189 g/mol. The molecule has 1 rings (SSSR count). The third-order valence-electron chi connectivity index (χ3n) is 1.61. The predicted octanol–water partition coefficient (Wildman–Crippen LogP) is 1.21. The fourth-order valence-electron chi connectivity index (χ4n) is 0.893. The topological polar surface area (TPSA) is 56.3 Å². The van der Waals surface area contributed by atoms with Gasteiger partial charge in [0.05, 0.1) is 7.11 Å². The molecule has 5 heteroatoms. The molecule has 0 aliphatic heterocycles. The third kappa shape index (κ3) is 1.93. The maximum Gasteiger partial charge on any atom is 0.342 e. The van der Waals surface area contributed by atoms with Gasteiger partial charge in [0, 0.05) is 6.92 Å². The lowest BCUT2D eigenvalue weighted by Crippen LogP contribution is -2.08. The Balaban J connectivity index is 3.14. The van der Waals surface area contributed by atoms with Crippen LogP contribution in [-0.4, -0.2) is 23.8 Å². The second-order valence-electron chi connectivity index (χ2n) is 2.58. The van der Waals surface area contributed by atoms with Crippen LogP contribution < -0.4 is 0 Å². The molecular formula is C9H8FNO3. The molecule has 0 aliphatic rings. The van der Waals surface area contributed by atoms with Crippen LogP contribution >= 0.6 is 0 Å². The molecule has 1 aromatic heterocycles. The highest BCUT2D eigenvalue weighted by atomic mass is 19.1.